The first-order valence-corrected chi connectivity index (χ1v) is 6.37. The van der Waals surface area contributed by atoms with E-state index >= 15 is 0 Å². The third-order valence-corrected chi connectivity index (χ3v) is 3.28. The van der Waals surface area contributed by atoms with Crippen LogP contribution in [-0.2, 0) is 17.9 Å². The Morgan fingerprint density at radius 2 is 2.30 bits per heavy atom. The van der Waals surface area contributed by atoms with Gasteiger partial charge in [0.15, 0.2) is 0 Å². The van der Waals surface area contributed by atoms with E-state index in [0.717, 1.165) is 11.5 Å². The number of carboxylic acid groups (broad SMARTS) is 1. The summed E-state index contributed by atoms with van der Waals surface area (Å²) in [5.41, 5.74) is 6.32. The van der Waals surface area contributed by atoms with Crippen molar-refractivity contribution < 1.29 is 14.7 Å². The van der Waals surface area contributed by atoms with Gasteiger partial charge in [-0.1, -0.05) is 5.21 Å². The maximum atomic E-state index is 11.8. The van der Waals surface area contributed by atoms with Crippen molar-refractivity contribution >= 4 is 28.4 Å². The summed E-state index contributed by atoms with van der Waals surface area (Å²) in [5, 5.41) is 19.2. The fourth-order valence-electron chi connectivity index (χ4n) is 1.53. The highest BCUT2D eigenvalue weighted by Crippen LogP contribution is 2.24. The average Bonchev–Trinajstić information content (AvgIpc) is 2.96. The Labute approximate surface area is 117 Å². The molecule has 0 radical (unpaired) electrons. The first kappa shape index (κ1) is 14.1. The Morgan fingerprint density at radius 3 is 2.90 bits per heavy atom. The number of amides is 1. The molecule has 2 rings (SSSR count). The van der Waals surface area contributed by atoms with E-state index in [-0.39, 0.29) is 23.7 Å². The van der Waals surface area contributed by atoms with Gasteiger partial charge in [0.25, 0.3) is 0 Å². The lowest BCUT2D eigenvalue weighted by molar-refractivity contribution is -0.116. The van der Waals surface area contributed by atoms with Crippen LogP contribution in [0.3, 0.4) is 0 Å². The number of hydrogen-bond donors (Lipinski definition) is 3. The van der Waals surface area contributed by atoms with Crippen LogP contribution in [0.4, 0.5) is 5.00 Å². The van der Waals surface area contributed by atoms with E-state index in [1.165, 1.54) is 4.68 Å². The van der Waals surface area contributed by atoms with Gasteiger partial charge in [-0.2, -0.15) is 4.37 Å². The number of nitrogens with zero attached hydrogens (tertiary/aromatic N) is 4. The molecule has 0 saturated carbocycles. The first-order chi connectivity index (χ1) is 9.51. The highest BCUT2D eigenvalue weighted by molar-refractivity contribution is 7.11. The van der Waals surface area contributed by atoms with Gasteiger partial charge in [-0.25, -0.2) is 9.48 Å². The maximum Gasteiger partial charge on any atom is 0.340 e. The number of aromatic nitrogens is 4. The molecule has 0 aliphatic heterocycles. The van der Waals surface area contributed by atoms with Crippen molar-refractivity contribution in [1.82, 2.24) is 19.4 Å². The van der Waals surface area contributed by atoms with Crippen molar-refractivity contribution in [3.63, 3.8) is 0 Å². The number of anilines is 1. The second kappa shape index (κ2) is 5.75. The van der Waals surface area contributed by atoms with Crippen LogP contribution in [0.2, 0.25) is 0 Å². The lowest BCUT2D eigenvalue weighted by Crippen LogP contribution is -2.19. The van der Waals surface area contributed by atoms with Gasteiger partial charge >= 0.3 is 5.97 Å². The number of carboxylic acids is 1. The molecule has 1 amide bonds. The number of aromatic carboxylic acids is 1. The van der Waals surface area contributed by atoms with E-state index in [1.54, 1.807) is 13.1 Å². The highest BCUT2D eigenvalue weighted by atomic mass is 32.1. The summed E-state index contributed by atoms with van der Waals surface area (Å²) in [5.74, 6) is -1.54. The fourth-order valence-corrected chi connectivity index (χ4v) is 2.33. The molecule has 0 aliphatic carbocycles. The molecule has 0 saturated heterocycles. The van der Waals surface area contributed by atoms with E-state index in [4.69, 9.17) is 10.8 Å². The number of carbonyl (C=O) groups is 2. The molecular weight excluding hydrogens is 284 g/mol. The van der Waals surface area contributed by atoms with Crippen LogP contribution in [0, 0.1) is 6.92 Å². The molecule has 0 unspecified atom stereocenters. The summed E-state index contributed by atoms with van der Waals surface area (Å²) in [4.78, 5) is 22.9. The summed E-state index contributed by atoms with van der Waals surface area (Å²) in [6.45, 7) is 1.72. The zero-order chi connectivity index (χ0) is 14.7. The zero-order valence-electron chi connectivity index (χ0n) is 10.5. The van der Waals surface area contributed by atoms with Crippen LogP contribution in [0.1, 0.15) is 21.7 Å². The summed E-state index contributed by atoms with van der Waals surface area (Å²) < 4.78 is 5.24. The average molecular weight is 296 g/mol. The van der Waals surface area contributed by atoms with Crippen LogP contribution >= 0.6 is 11.5 Å². The largest absolute Gasteiger partial charge is 0.478 e. The topological polar surface area (TPSA) is 136 Å². The molecule has 10 heteroatoms. The van der Waals surface area contributed by atoms with Crippen LogP contribution < -0.4 is 11.1 Å². The monoisotopic (exact) mass is 296 g/mol. The molecule has 4 N–H and O–H groups in total. The molecule has 2 aromatic heterocycles. The fraction of sp³-hybridized carbons (Fsp3) is 0.300. The van der Waals surface area contributed by atoms with Crippen molar-refractivity contribution in [2.45, 2.75) is 20.0 Å². The number of nitrogens with one attached hydrogen (secondary N) is 1. The molecule has 0 atom stereocenters. The summed E-state index contributed by atoms with van der Waals surface area (Å²) in [6, 6.07) is 0. The molecule has 0 bridgehead atoms. The molecule has 0 spiro atoms. The lowest BCUT2D eigenvalue weighted by Gasteiger charge is -2.03. The highest BCUT2D eigenvalue weighted by Gasteiger charge is 2.19. The van der Waals surface area contributed by atoms with Crippen molar-refractivity contribution in [3.8, 4) is 0 Å². The van der Waals surface area contributed by atoms with E-state index in [9.17, 15) is 9.59 Å². The third kappa shape index (κ3) is 2.97. The smallest absolute Gasteiger partial charge is 0.340 e. The standard InChI is InChI=1S/C10H12N6O3S/c1-5-8(10(18)19)9(20-14-5)12-7(17)4-16-3-6(2-11)13-15-16/h3H,2,4,11H2,1H3,(H,12,17)(H,18,19). The first-order valence-electron chi connectivity index (χ1n) is 5.59. The minimum Gasteiger partial charge on any atom is -0.478 e. The SMILES string of the molecule is Cc1nsc(NC(=O)Cn2cc(CN)nn2)c1C(=O)O. The number of carbonyl (C=O) groups excluding carboxylic acids is 1. The number of hydrogen-bond acceptors (Lipinski definition) is 7. The van der Waals surface area contributed by atoms with Crippen molar-refractivity contribution in [1.29, 1.82) is 0 Å². The Bertz CT molecular complexity index is 649. The predicted molar refractivity (Wildman–Crippen MR) is 70.4 cm³/mol. The minimum absolute atomic E-state index is 0.00425. The molecule has 2 aromatic rings. The molecule has 0 aliphatic rings. The van der Waals surface area contributed by atoms with E-state index < -0.39 is 11.9 Å². The Hall–Kier alpha value is -2.33. The summed E-state index contributed by atoms with van der Waals surface area (Å²) in [6.07, 6.45) is 1.55. The van der Waals surface area contributed by atoms with Gasteiger partial charge in [0.05, 0.1) is 17.6 Å². The molecule has 20 heavy (non-hydrogen) atoms. The number of nitrogens with two attached hydrogens (primary N) is 1. The molecule has 106 valence electrons. The quantitative estimate of drug-likeness (QED) is 0.697. The van der Waals surface area contributed by atoms with Gasteiger partial charge < -0.3 is 16.2 Å². The minimum atomic E-state index is -1.13. The summed E-state index contributed by atoms with van der Waals surface area (Å²) >= 11 is 0.925. The Balaban J connectivity index is 2.06. The van der Waals surface area contributed by atoms with Crippen LogP contribution in [0.5, 0.6) is 0 Å². The number of aryl methyl sites for hydroxylation is 1. The van der Waals surface area contributed by atoms with Crippen molar-refractivity contribution in [3.05, 3.63) is 23.1 Å². The zero-order valence-corrected chi connectivity index (χ0v) is 11.3. The predicted octanol–water partition coefficient (Wildman–Crippen LogP) is -0.161. The molecular formula is C10H12N6O3S. The van der Waals surface area contributed by atoms with Crippen LogP contribution in [-0.4, -0.2) is 36.4 Å². The molecule has 0 aromatic carbocycles. The van der Waals surface area contributed by atoms with Gasteiger partial charge in [0.2, 0.25) is 5.91 Å². The van der Waals surface area contributed by atoms with Gasteiger partial charge in [-0.15, -0.1) is 5.10 Å². The van der Waals surface area contributed by atoms with Crippen molar-refractivity contribution in [2.24, 2.45) is 5.73 Å². The second-order valence-corrected chi connectivity index (χ2v) is 4.71. The van der Waals surface area contributed by atoms with Gasteiger partial charge in [0.1, 0.15) is 17.1 Å². The van der Waals surface area contributed by atoms with Crippen molar-refractivity contribution in [2.75, 3.05) is 5.32 Å². The van der Waals surface area contributed by atoms with E-state index in [0.29, 0.717) is 11.4 Å². The molecule has 0 fully saturated rings. The lowest BCUT2D eigenvalue weighted by atomic mass is 10.2. The third-order valence-electron chi connectivity index (χ3n) is 2.43. The van der Waals surface area contributed by atoms with Crippen LogP contribution in [0.15, 0.2) is 6.20 Å². The Kier molecular flexibility index (Phi) is 4.05. The normalized spacial score (nSPS) is 10.5. The molecule has 2 heterocycles. The van der Waals surface area contributed by atoms with Crippen LogP contribution in [0.25, 0.3) is 0 Å². The van der Waals surface area contributed by atoms with Gasteiger partial charge in [-0.3, -0.25) is 4.79 Å². The van der Waals surface area contributed by atoms with Gasteiger partial charge in [0, 0.05) is 6.54 Å². The maximum absolute atomic E-state index is 11.8. The van der Waals surface area contributed by atoms with E-state index in [1.807, 2.05) is 0 Å². The van der Waals surface area contributed by atoms with E-state index in [2.05, 4.69) is 20.0 Å². The summed E-state index contributed by atoms with van der Waals surface area (Å²) in [7, 11) is 0. The second-order valence-electron chi connectivity index (χ2n) is 3.94. The van der Waals surface area contributed by atoms with Gasteiger partial charge in [-0.05, 0) is 18.5 Å². The Morgan fingerprint density at radius 1 is 1.55 bits per heavy atom. The molecule has 9 nitrogen and oxygen atoms in total. The number of rotatable bonds is 5.